The van der Waals surface area contributed by atoms with E-state index in [1.165, 1.54) is 19.3 Å². The molecule has 3 heteroatoms. The minimum absolute atomic E-state index is 0.407. The van der Waals surface area contributed by atoms with Crippen molar-refractivity contribution in [2.24, 2.45) is 17.8 Å². The van der Waals surface area contributed by atoms with Gasteiger partial charge >= 0.3 is 0 Å². The fourth-order valence-electron chi connectivity index (χ4n) is 3.05. The minimum Gasteiger partial charge on any atom is -0.347 e. The van der Waals surface area contributed by atoms with Crippen LogP contribution in [-0.2, 0) is 0 Å². The third kappa shape index (κ3) is 2.89. The average molecular weight is 235 g/mol. The van der Waals surface area contributed by atoms with Gasteiger partial charge in [-0.25, -0.2) is 4.98 Å². The van der Waals surface area contributed by atoms with E-state index in [9.17, 15) is 0 Å². The molecule has 3 nitrogen and oxygen atoms in total. The summed E-state index contributed by atoms with van der Waals surface area (Å²) in [5.74, 6) is 3.56. The fourth-order valence-corrected chi connectivity index (χ4v) is 3.05. The van der Waals surface area contributed by atoms with Gasteiger partial charge in [-0.3, -0.25) is 0 Å². The lowest BCUT2D eigenvalue weighted by molar-refractivity contribution is 0.169. The molecule has 0 amide bonds. The van der Waals surface area contributed by atoms with Crippen LogP contribution in [0.2, 0.25) is 0 Å². The molecule has 1 aliphatic carbocycles. The maximum absolute atomic E-state index is 4.44. The molecular weight excluding hydrogens is 210 g/mol. The Morgan fingerprint density at radius 1 is 1.41 bits per heavy atom. The maximum Gasteiger partial charge on any atom is 0.123 e. The number of hydrogen-bond donors (Lipinski definition) is 2. The third-order valence-corrected chi connectivity index (χ3v) is 4.35. The van der Waals surface area contributed by atoms with Crippen LogP contribution in [-0.4, -0.2) is 16.5 Å². The topological polar surface area (TPSA) is 40.7 Å². The quantitative estimate of drug-likeness (QED) is 0.841. The van der Waals surface area contributed by atoms with E-state index in [0.717, 1.165) is 30.1 Å². The Labute approximate surface area is 104 Å². The summed E-state index contributed by atoms with van der Waals surface area (Å²) in [5.41, 5.74) is 0. The van der Waals surface area contributed by atoms with Crippen molar-refractivity contribution >= 4 is 0 Å². The summed E-state index contributed by atoms with van der Waals surface area (Å²) in [6, 6.07) is 0.407. The molecule has 0 aromatic carbocycles. The van der Waals surface area contributed by atoms with E-state index in [-0.39, 0.29) is 0 Å². The predicted octanol–water partition coefficient (Wildman–Crippen LogP) is 3.13. The van der Waals surface area contributed by atoms with Crippen LogP contribution in [0.15, 0.2) is 12.4 Å². The highest BCUT2D eigenvalue weighted by atomic mass is 15.0. The van der Waals surface area contributed by atoms with E-state index in [1.807, 2.05) is 12.4 Å². The first-order valence-electron chi connectivity index (χ1n) is 6.95. The zero-order valence-corrected chi connectivity index (χ0v) is 11.2. The number of nitrogens with zero attached hydrogens (tertiary/aromatic N) is 1. The van der Waals surface area contributed by atoms with Crippen molar-refractivity contribution in [2.45, 2.75) is 46.1 Å². The van der Waals surface area contributed by atoms with Crippen molar-refractivity contribution in [3.8, 4) is 0 Å². The van der Waals surface area contributed by atoms with Gasteiger partial charge in [-0.1, -0.05) is 27.2 Å². The number of aromatic amines is 1. The number of aromatic nitrogens is 2. The molecule has 0 saturated heterocycles. The molecule has 1 fully saturated rings. The van der Waals surface area contributed by atoms with Crippen LogP contribution in [0.3, 0.4) is 0 Å². The lowest BCUT2D eigenvalue weighted by Gasteiger charge is -2.36. The summed E-state index contributed by atoms with van der Waals surface area (Å²) in [7, 11) is 0. The van der Waals surface area contributed by atoms with Crippen LogP contribution in [0.25, 0.3) is 0 Å². The maximum atomic E-state index is 4.44. The van der Waals surface area contributed by atoms with Crippen LogP contribution in [0.4, 0.5) is 0 Å². The third-order valence-electron chi connectivity index (χ3n) is 4.35. The second-order valence-electron chi connectivity index (χ2n) is 5.54. The zero-order chi connectivity index (χ0) is 12.3. The highest BCUT2D eigenvalue weighted by Crippen LogP contribution is 2.38. The average Bonchev–Trinajstić information content (AvgIpc) is 2.83. The van der Waals surface area contributed by atoms with Gasteiger partial charge in [-0.15, -0.1) is 0 Å². The van der Waals surface area contributed by atoms with Gasteiger partial charge in [0.05, 0.1) is 6.04 Å². The summed E-state index contributed by atoms with van der Waals surface area (Å²) in [6.07, 6.45) is 7.78. The van der Waals surface area contributed by atoms with E-state index >= 15 is 0 Å². The summed E-state index contributed by atoms with van der Waals surface area (Å²) in [6.45, 7) is 7.95. The highest BCUT2D eigenvalue weighted by molar-refractivity contribution is 4.99. The molecule has 0 bridgehead atoms. The first-order valence-corrected chi connectivity index (χ1v) is 6.95. The van der Waals surface area contributed by atoms with E-state index in [2.05, 4.69) is 36.1 Å². The normalized spacial score (nSPS) is 31.4. The van der Waals surface area contributed by atoms with Crippen molar-refractivity contribution < 1.29 is 0 Å². The molecule has 1 aromatic heterocycles. The fraction of sp³-hybridized carbons (Fsp3) is 0.786. The molecule has 1 saturated carbocycles. The Morgan fingerprint density at radius 3 is 2.82 bits per heavy atom. The summed E-state index contributed by atoms with van der Waals surface area (Å²) >= 11 is 0. The van der Waals surface area contributed by atoms with Gasteiger partial charge in [0.15, 0.2) is 0 Å². The molecule has 1 heterocycles. The molecule has 4 atom stereocenters. The molecule has 2 rings (SSSR count). The second-order valence-corrected chi connectivity index (χ2v) is 5.54. The summed E-state index contributed by atoms with van der Waals surface area (Å²) in [4.78, 5) is 7.71. The van der Waals surface area contributed by atoms with Crippen LogP contribution in [0.1, 0.15) is 51.9 Å². The molecule has 17 heavy (non-hydrogen) atoms. The van der Waals surface area contributed by atoms with Gasteiger partial charge in [0.25, 0.3) is 0 Å². The van der Waals surface area contributed by atoms with Crippen LogP contribution in [0.5, 0.6) is 0 Å². The van der Waals surface area contributed by atoms with Gasteiger partial charge in [-0.2, -0.15) is 0 Å². The minimum atomic E-state index is 0.407. The van der Waals surface area contributed by atoms with Gasteiger partial charge in [0, 0.05) is 12.4 Å². The van der Waals surface area contributed by atoms with E-state index < -0.39 is 0 Å². The first-order chi connectivity index (χ1) is 8.22. The van der Waals surface area contributed by atoms with E-state index in [1.54, 1.807) is 0 Å². The second kappa shape index (κ2) is 5.67. The van der Waals surface area contributed by atoms with Crippen LogP contribution in [0, 0.1) is 17.8 Å². The summed E-state index contributed by atoms with van der Waals surface area (Å²) < 4.78 is 0. The van der Waals surface area contributed by atoms with Crippen LogP contribution < -0.4 is 5.32 Å². The lowest BCUT2D eigenvalue weighted by Crippen LogP contribution is -2.33. The predicted molar refractivity (Wildman–Crippen MR) is 70.7 cm³/mol. The van der Waals surface area contributed by atoms with Gasteiger partial charge in [0.1, 0.15) is 5.82 Å². The lowest BCUT2D eigenvalue weighted by atomic mass is 9.73. The highest BCUT2D eigenvalue weighted by Gasteiger charge is 2.31. The number of imidazole rings is 1. The Bertz CT molecular complexity index is 320. The molecule has 1 aliphatic rings. The number of nitrogens with one attached hydrogen (secondary N) is 2. The molecule has 0 aliphatic heterocycles. The van der Waals surface area contributed by atoms with Crippen molar-refractivity contribution in [1.82, 2.24) is 15.3 Å². The van der Waals surface area contributed by atoms with Crippen LogP contribution >= 0.6 is 0 Å². The monoisotopic (exact) mass is 235 g/mol. The Hall–Kier alpha value is -0.830. The largest absolute Gasteiger partial charge is 0.347 e. The summed E-state index contributed by atoms with van der Waals surface area (Å²) in [5, 5.41) is 3.60. The molecule has 2 N–H and O–H groups in total. The molecule has 4 unspecified atom stereocenters. The van der Waals surface area contributed by atoms with Crippen molar-refractivity contribution in [2.75, 3.05) is 6.54 Å². The molecule has 1 aromatic rings. The van der Waals surface area contributed by atoms with Gasteiger partial charge in [-0.05, 0) is 37.1 Å². The van der Waals surface area contributed by atoms with E-state index in [0.29, 0.717) is 6.04 Å². The van der Waals surface area contributed by atoms with E-state index in [4.69, 9.17) is 0 Å². The molecule has 0 radical (unpaired) electrons. The number of H-pyrrole nitrogens is 1. The van der Waals surface area contributed by atoms with Gasteiger partial charge in [0.2, 0.25) is 0 Å². The first kappa shape index (κ1) is 12.6. The SMILES string of the molecule is CCNC(c1ncc[nH]1)C1CCC(C)C(C)C1. The van der Waals surface area contributed by atoms with Gasteiger partial charge < -0.3 is 10.3 Å². The zero-order valence-electron chi connectivity index (χ0n) is 11.2. The Kier molecular flexibility index (Phi) is 4.21. The Morgan fingerprint density at radius 2 is 2.24 bits per heavy atom. The van der Waals surface area contributed by atoms with Crippen molar-refractivity contribution in [1.29, 1.82) is 0 Å². The molecular formula is C14H25N3. The molecule has 96 valence electrons. The Balaban J connectivity index is 2.06. The van der Waals surface area contributed by atoms with Crippen molar-refractivity contribution in [3.63, 3.8) is 0 Å². The number of hydrogen-bond acceptors (Lipinski definition) is 2. The standard InChI is InChI=1S/C14H25N3/c1-4-15-13(14-16-7-8-17-14)12-6-5-10(2)11(3)9-12/h7-8,10-13,15H,4-6,9H2,1-3H3,(H,16,17). The molecule has 0 spiro atoms. The smallest absolute Gasteiger partial charge is 0.123 e. The van der Waals surface area contributed by atoms with Crippen molar-refractivity contribution in [3.05, 3.63) is 18.2 Å². The number of rotatable bonds is 4.